The lowest BCUT2D eigenvalue weighted by molar-refractivity contribution is -0.148. The number of ether oxygens (including phenoxy) is 2. The Kier molecular flexibility index (Phi) is 7.96. The summed E-state index contributed by atoms with van der Waals surface area (Å²) in [5, 5.41) is 3.18. The van der Waals surface area contributed by atoms with Crippen LogP contribution in [-0.4, -0.2) is 37.0 Å². The van der Waals surface area contributed by atoms with Crippen molar-refractivity contribution in [1.82, 2.24) is 0 Å². The molecule has 0 saturated carbocycles. The van der Waals surface area contributed by atoms with Crippen LogP contribution in [0.5, 0.6) is 0 Å². The molecular formula is C10H15N3O5. The normalized spacial score (nSPS) is 11.0. The summed E-state index contributed by atoms with van der Waals surface area (Å²) in [5.74, 6) is -2.05. The molecule has 0 rings (SSSR count). The predicted molar refractivity (Wildman–Crippen MR) is 60.4 cm³/mol. The fraction of sp³-hybridized carbons (Fsp3) is 0.700. The van der Waals surface area contributed by atoms with Crippen molar-refractivity contribution in [2.24, 2.45) is 5.11 Å². The molecule has 0 aromatic rings. The van der Waals surface area contributed by atoms with E-state index in [4.69, 9.17) is 5.53 Å². The molecule has 1 atom stereocenters. The highest BCUT2D eigenvalue weighted by Gasteiger charge is 2.23. The van der Waals surface area contributed by atoms with Crippen LogP contribution in [0.3, 0.4) is 0 Å². The third-order valence-corrected chi connectivity index (χ3v) is 1.85. The number of carbonyl (C=O) groups is 3. The zero-order chi connectivity index (χ0) is 14.0. The van der Waals surface area contributed by atoms with Crippen molar-refractivity contribution >= 4 is 17.7 Å². The molecule has 0 saturated heterocycles. The SMILES string of the molecule is CCOC(=O)CC(=O)C(CC(=O)OCC)N=[N+]=[N-]. The first-order chi connectivity index (χ1) is 8.54. The molecule has 0 spiro atoms. The molecule has 0 bridgehead atoms. The molecule has 0 aromatic heterocycles. The van der Waals surface area contributed by atoms with Gasteiger partial charge in [0.05, 0.1) is 19.6 Å². The van der Waals surface area contributed by atoms with E-state index in [0.717, 1.165) is 0 Å². The number of rotatable bonds is 8. The molecule has 0 heterocycles. The summed E-state index contributed by atoms with van der Waals surface area (Å²) in [4.78, 5) is 36.3. The lowest BCUT2D eigenvalue weighted by Gasteiger charge is -2.08. The monoisotopic (exact) mass is 257 g/mol. The van der Waals surface area contributed by atoms with Crippen LogP contribution in [0.1, 0.15) is 26.7 Å². The first-order valence-corrected chi connectivity index (χ1v) is 5.43. The maximum Gasteiger partial charge on any atom is 0.313 e. The van der Waals surface area contributed by atoms with Crippen LogP contribution in [0, 0.1) is 0 Å². The Morgan fingerprint density at radius 2 is 1.72 bits per heavy atom. The minimum atomic E-state index is -1.24. The summed E-state index contributed by atoms with van der Waals surface area (Å²) in [6.07, 6.45) is -0.910. The van der Waals surface area contributed by atoms with E-state index in [1.165, 1.54) is 0 Å². The standard InChI is InChI=1S/C10H15N3O5/c1-3-17-9(15)5-7(12-13-11)8(14)6-10(16)18-4-2/h7H,3-6H2,1-2H3. The van der Waals surface area contributed by atoms with Gasteiger partial charge in [0.2, 0.25) is 0 Å². The topological polar surface area (TPSA) is 118 Å². The van der Waals surface area contributed by atoms with Gasteiger partial charge in [-0.05, 0) is 19.4 Å². The Hall–Kier alpha value is -2.08. The molecule has 0 radical (unpaired) electrons. The maximum atomic E-state index is 11.6. The first-order valence-electron chi connectivity index (χ1n) is 5.43. The molecule has 0 aliphatic heterocycles. The molecule has 100 valence electrons. The number of Topliss-reactive ketones (excluding diaryl/α,β-unsaturated/α-hetero) is 1. The number of ketones is 1. The van der Waals surface area contributed by atoms with Crippen molar-refractivity contribution in [3.8, 4) is 0 Å². The minimum absolute atomic E-state index is 0.149. The highest BCUT2D eigenvalue weighted by Crippen LogP contribution is 2.06. The average Bonchev–Trinajstić information content (AvgIpc) is 2.29. The van der Waals surface area contributed by atoms with Gasteiger partial charge in [0.15, 0.2) is 5.78 Å². The molecule has 0 aliphatic carbocycles. The third kappa shape index (κ3) is 6.49. The van der Waals surface area contributed by atoms with Crippen LogP contribution in [0.4, 0.5) is 0 Å². The molecular weight excluding hydrogens is 242 g/mol. The van der Waals surface area contributed by atoms with Gasteiger partial charge in [-0.2, -0.15) is 0 Å². The molecule has 8 nitrogen and oxygen atoms in total. The fourth-order valence-electron chi connectivity index (χ4n) is 1.13. The van der Waals surface area contributed by atoms with E-state index in [1.54, 1.807) is 13.8 Å². The largest absolute Gasteiger partial charge is 0.466 e. The summed E-state index contributed by atoms with van der Waals surface area (Å²) in [6, 6.07) is -1.24. The van der Waals surface area contributed by atoms with E-state index < -0.39 is 30.2 Å². The summed E-state index contributed by atoms with van der Waals surface area (Å²) in [6.45, 7) is 3.52. The van der Waals surface area contributed by atoms with E-state index in [9.17, 15) is 14.4 Å². The van der Waals surface area contributed by atoms with E-state index in [-0.39, 0.29) is 19.6 Å². The van der Waals surface area contributed by atoms with Gasteiger partial charge in [0, 0.05) is 4.91 Å². The lowest BCUT2D eigenvalue weighted by atomic mass is 10.1. The van der Waals surface area contributed by atoms with Crippen molar-refractivity contribution in [1.29, 1.82) is 0 Å². The summed E-state index contributed by atoms with van der Waals surface area (Å²) >= 11 is 0. The summed E-state index contributed by atoms with van der Waals surface area (Å²) in [7, 11) is 0. The number of carbonyl (C=O) groups excluding carboxylic acids is 3. The Bertz CT molecular complexity index is 363. The van der Waals surface area contributed by atoms with Gasteiger partial charge in [-0.15, -0.1) is 0 Å². The Morgan fingerprint density at radius 3 is 2.22 bits per heavy atom. The van der Waals surface area contributed by atoms with Crippen molar-refractivity contribution in [3.63, 3.8) is 0 Å². The maximum absolute atomic E-state index is 11.6. The van der Waals surface area contributed by atoms with Crippen LogP contribution in [-0.2, 0) is 23.9 Å². The van der Waals surface area contributed by atoms with Crippen molar-refractivity contribution in [2.75, 3.05) is 13.2 Å². The van der Waals surface area contributed by atoms with Crippen molar-refractivity contribution in [3.05, 3.63) is 10.4 Å². The zero-order valence-electron chi connectivity index (χ0n) is 10.3. The third-order valence-electron chi connectivity index (χ3n) is 1.85. The molecule has 18 heavy (non-hydrogen) atoms. The summed E-state index contributed by atoms with van der Waals surface area (Å²) in [5.41, 5.74) is 8.30. The quantitative estimate of drug-likeness (QED) is 0.212. The minimum Gasteiger partial charge on any atom is -0.466 e. The molecule has 0 amide bonds. The van der Waals surface area contributed by atoms with Crippen LogP contribution >= 0.6 is 0 Å². The van der Waals surface area contributed by atoms with Crippen LogP contribution in [0.25, 0.3) is 10.4 Å². The van der Waals surface area contributed by atoms with Gasteiger partial charge in [0.1, 0.15) is 12.5 Å². The lowest BCUT2D eigenvalue weighted by Crippen LogP contribution is -2.25. The Labute approximate surface area is 104 Å². The van der Waals surface area contributed by atoms with Crippen LogP contribution < -0.4 is 0 Å². The Morgan fingerprint density at radius 1 is 1.17 bits per heavy atom. The van der Waals surface area contributed by atoms with Gasteiger partial charge in [-0.25, -0.2) is 0 Å². The van der Waals surface area contributed by atoms with Gasteiger partial charge in [0.25, 0.3) is 0 Å². The molecule has 0 fully saturated rings. The number of hydrogen-bond donors (Lipinski definition) is 0. The molecule has 8 heteroatoms. The van der Waals surface area contributed by atoms with Gasteiger partial charge in [-0.1, -0.05) is 5.11 Å². The first kappa shape index (κ1) is 15.9. The van der Waals surface area contributed by atoms with Gasteiger partial charge < -0.3 is 9.47 Å². The molecule has 0 aliphatic rings. The van der Waals surface area contributed by atoms with Gasteiger partial charge >= 0.3 is 11.9 Å². The van der Waals surface area contributed by atoms with Crippen LogP contribution in [0.2, 0.25) is 0 Å². The van der Waals surface area contributed by atoms with Crippen molar-refractivity contribution in [2.45, 2.75) is 32.7 Å². The highest BCUT2D eigenvalue weighted by molar-refractivity contribution is 6.00. The van der Waals surface area contributed by atoms with E-state index in [2.05, 4.69) is 19.5 Å². The van der Waals surface area contributed by atoms with E-state index in [0.29, 0.717) is 0 Å². The zero-order valence-corrected chi connectivity index (χ0v) is 10.3. The second kappa shape index (κ2) is 9.00. The van der Waals surface area contributed by atoms with Crippen LogP contribution in [0.15, 0.2) is 5.11 Å². The van der Waals surface area contributed by atoms with E-state index >= 15 is 0 Å². The average molecular weight is 257 g/mol. The number of nitrogens with zero attached hydrogens (tertiary/aromatic N) is 3. The highest BCUT2D eigenvalue weighted by atomic mass is 16.5. The molecule has 0 aromatic carbocycles. The van der Waals surface area contributed by atoms with Crippen molar-refractivity contribution < 1.29 is 23.9 Å². The second-order valence-electron chi connectivity index (χ2n) is 3.18. The molecule has 1 unspecified atom stereocenters. The molecule has 0 N–H and O–H groups in total. The fourth-order valence-corrected chi connectivity index (χ4v) is 1.13. The number of hydrogen-bond acceptors (Lipinski definition) is 6. The predicted octanol–water partition coefficient (Wildman–Crippen LogP) is 1.14. The number of esters is 2. The Balaban J connectivity index is 4.49. The van der Waals surface area contributed by atoms with E-state index in [1.807, 2.05) is 0 Å². The smallest absolute Gasteiger partial charge is 0.313 e. The number of azide groups is 1. The van der Waals surface area contributed by atoms with Gasteiger partial charge in [-0.3, -0.25) is 14.4 Å². The second-order valence-corrected chi connectivity index (χ2v) is 3.18. The summed E-state index contributed by atoms with van der Waals surface area (Å²) < 4.78 is 9.21.